The lowest BCUT2D eigenvalue weighted by Gasteiger charge is -2.35. The quantitative estimate of drug-likeness (QED) is 0.702. The van der Waals surface area contributed by atoms with Crippen molar-refractivity contribution in [3.8, 4) is 6.07 Å². The van der Waals surface area contributed by atoms with Gasteiger partial charge in [-0.3, -0.25) is 0 Å². The summed E-state index contributed by atoms with van der Waals surface area (Å²) in [4.78, 5) is 10.4. The van der Waals surface area contributed by atoms with E-state index >= 15 is 0 Å². The molecule has 1 aromatic heterocycles. The molecule has 1 aliphatic heterocycles. The van der Waals surface area contributed by atoms with Crippen LogP contribution < -0.4 is 4.90 Å². The molecule has 16 heavy (non-hydrogen) atoms. The highest BCUT2D eigenvalue weighted by atomic mass is 16.5. The van der Waals surface area contributed by atoms with Crippen LogP contribution in [0.25, 0.3) is 0 Å². The van der Waals surface area contributed by atoms with Crippen LogP contribution in [0.15, 0.2) is 12.4 Å². The summed E-state index contributed by atoms with van der Waals surface area (Å²) < 4.78 is 5.64. The average Bonchev–Trinajstić information content (AvgIpc) is 2.28. The smallest absolute Gasteiger partial charge is 0.158 e. The van der Waals surface area contributed by atoms with Crippen LogP contribution in [-0.4, -0.2) is 35.3 Å². The van der Waals surface area contributed by atoms with Crippen molar-refractivity contribution >= 4 is 5.82 Å². The van der Waals surface area contributed by atoms with Gasteiger partial charge in [0, 0.05) is 13.1 Å². The van der Waals surface area contributed by atoms with Gasteiger partial charge in [0.2, 0.25) is 0 Å². The van der Waals surface area contributed by atoms with Crippen LogP contribution >= 0.6 is 0 Å². The predicted octanol–water partition coefficient (Wildman–Crippen LogP) is 0.962. The van der Waals surface area contributed by atoms with Crippen LogP contribution in [0.5, 0.6) is 0 Å². The zero-order valence-corrected chi connectivity index (χ0v) is 9.42. The molecule has 5 nitrogen and oxygen atoms in total. The summed E-state index contributed by atoms with van der Waals surface area (Å²) in [6, 6.07) is 1.96. The molecular formula is C11H14N4O. The summed E-state index contributed by atoms with van der Waals surface area (Å²) in [6.45, 7) is 5.70. The monoisotopic (exact) mass is 218 g/mol. The van der Waals surface area contributed by atoms with Crippen molar-refractivity contribution in [1.29, 1.82) is 5.26 Å². The fourth-order valence-electron chi connectivity index (χ4n) is 1.91. The molecule has 2 heterocycles. The maximum absolute atomic E-state index is 8.64. The van der Waals surface area contributed by atoms with E-state index in [0.29, 0.717) is 5.69 Å². The number of aromatic nitrogens is 2. The van der Waals surface area contributed by atoms with Gasteiger partial charge < -0.3 is 9.64 Å². The standard InChI is InChI=1S/C11H14N4O/c1-8-6-15(7-9(2)16-8)11-5-13-10(3-12)4-14-11/h4-5,8-9H,6-7H2,1-2H3. The Kier molecular flexibility index (Phi) is 3.02. The minimum Gasteiger partial charge on any atom is -0.372 e. The molecule has 1 saturated heterocycles. The highest BCUT2D eigenvalue weighted by molar-refractivity contribution is 5.38. The van der Waals surface area contributed by atoms with Crippen LogP contribution in [0.3, 0.4) is 0 Å². The lowest BCUT2D eigenvalue weighted by atomic mass is 10.2. The van der Waals surface area contributed by atoms with Gasteiger partial charge in [-0.2, -0.15) is 5.26 Å². The Hall–Kier alpha value is -1.67. The fraction of sp³-hybridized carbons (Fsp3) is 0.545. The highest BCUT2D eigenvalue weighted by Crippen LogP contribution is 2.16. The van der Waals surface area contributed by atoms with Gasteiger partial charge in [0.15, 0.2) is 5.69 Å². The van der Waals surface area contributed by atoms with Gasteiger partial charge >= 0.3 is 0 Å². The van der Waals surface area contributed by atoms with Crippen molar-refractivity contribution < 1.29 is 4.74 Å². The summed E-state index contributed by atoms with van der Waals surface area (Å²) in [7, 11) is 0. The van der Waals surface area contributed by atoms with E-state index < -0.39 is 0 Å². The molecule has 0 bridgehead atoms. The molecular weight excluding hydrogens is 204 g/mol. The molecule has 0 amide bonds. The Balaban J connectivity index is 2.14. The Labute approximate surface area is 94.7 Å². The third kappa shape index (κ3) is 2.28. The predicted molar refractivity (Wildman–Crippen MR) is 59.0 cm³/mol. The van der Waals surface area contributed by atoms with E-state index in [2.05, 4.69) is 14.9 Å². The molecule has 2 unspecified atom stereocenters. The van der Waals surface area contributed by atoms with Crippen LogP contribution in [0.4, 0.5) is 5.82 Å². The summed E-state index contributed by atoms with van der Waals surface area (Å²) in [5.41, 5.74) is 0.345. The van der Waals surface area contributed by atoms with E-state index in [1.807, 2.05) is 19.9 Å². The van der Waals surface area contributed by atoms with Crippen molar-refractivity contribution in [3.05, 3.63) is 18.1 Å². The second-order valence-electron chi connectivity index (χ2n) is 4.03. The minimum atomic E-state index is 0.196. The second kappa shape index (κ2) is 4.45. The SMILES string of the molecule is CC1CN(c2cnc(C#N)cn2)CC(C)O1. The molecule has 0 N–H and O–H groups in total. The molecule has 0 saturated carbocycles. The Bertz CT molecular complexity index is 387. The number of ether oxygens (including phenoxy) is 1. The molecule has 1 fully saturated rings. The lowest BCUT2D eigenvalue weighted by molar-refractivity contribution is -0.00547. The number of rotatable bonds is 1. The minimum absolute atomic E-state index is 0.196. The largest absolute Gasteiger partial charge is 0.372 e. The first-order valence-corrected chi connectivity index (χ1v) is 5.31. The summed E-state index contributed by atoms with van der Waals surface area (Å²) in [6.07, 6.45) is 3.53. The Morgan fingerprint density at radius 1 is 1.31 bits per heavy atom. The van der Waals surface area contributed by atoms with Gasteiger partial charge in [-0.05, 0) is 13.8 Å². The van der Waals surface area contributed by atoms with Crippen molar-refractivity contribution in [2.24, 2.45) is 0 Å². The van der Waals surface area contributed by atoms with E-state index in [-0.39, 0.29) is 12.2 Å². The van der Waals surface area contributed by atoms with E-state index in [1.165, 1.54) is 6.20 Å². The molecule has 2 atom stereocenters. The van der Waals surface area contributed by atoms with Crippen molar-refractivity contribution in [1.82, 2.24) is 9.97 Å². The van der Waals surface area contributed by atoms with Crippen LogP contribution in [-0.2, 0) is 4.74 Å². The molecule has 84 valence electrons. The van der Waals surface area contributed by atoms with Gasteiger partial charge in [-0.15, -0.1) is 0 Å². The summed E-state index contributed by atoms with van der Waals surface area (Å²) >= 11 is 0. The average molecular weight is 218 g/mol. The van der Waals surface area contributed by atoms with Crippen molar-refractivity contribution in [2.75, 3.05) is 18.0 Å². The summed E-state index contributed by atoms with van der Waals surface area (Å²) in [5, 5.41) is 8.64. The zero-order chi connectivity index (χ0) is 11.5. The first kappa shape index (κ1) is 10.8. The number of morpholine rings is 1. The zero-order valence-electron chi connectivity index (χ0n) is 9.42. The molecule has 2 rings (SSSR count). The molecule has 5 heteroatoms. The summed E-state index contributed by atoms with van der Waals surface area (Å²) in [5.74, 6) is 0.806. The number of hydrogen-bond acceptors (Lipinski definition) is 5. The van der Waals surface area contributed by atoms with Gasteiger partial charge in [-0.25, -0.2) is 9.97 Å². The molecule has 1 aliphatic rings. The third-order valence-electron chi connectivity index (χ3n) is 2.50. The van der Waals surface area contributed by atoms with Gasteiger partial charge in [0.05, 0.1) is 24.6 Å². The lowest BCUT2D eigenvalue weighted by Crippen LogP contribution is -2.45. The first-order chi connectivity index (χ1) is 7.69. The molecule has 0 radical (unpaired) electrons. The van der Waals surface area contributed by atoms with Gasteiger partial charge in [0.25, 0.3) is 0 Å². The van der Waals surface area contributed by atoms with E-state index in [1.54, 1.807) is 6.20 Å². The first-order valence-electron chi connectivity index (χ1n) is 5.31. The molecule has 1 aromatic rings. The molecule has 0 aromatic carbocycles. The van der Waals surface area contributed by atoms with Crippen LogP contribution in [0.2, 0.25) is 0 Å². The van der Waals surface area contributed by atoms with E-state index in [4.69, 9.17) is 10.00 Å². The van der Waals surface area contributed by atoms with E-state index in [0.717, 1.165) is 18.9 Å². The normalized spacial score (nSPS) is 25.2. The topological polar surface area (TPSA) is 62.0 Å². The van der Waals surface area contributed by atoms with Crippen LogP contribution in [0, 0.1) is 11.3 Å². The van der Waals surface area contributed by atoms with Crippen molar-refractivity contribution in [2.45, 2.75) is 26.1 Å². The number of hydrogen-bond donors (Lipinski definition) is 0. The second-order valence-corrected chi connectivity index (χ2v) is 4.03. The van der Waals surface area contributed by atoms with Gasteiger partial charge in [0.1, 0.15) is 11.9 Å². The number of nitriles is 1. The number of anilines is 1. The van der Waals surface area contributed by atoms with Crippen LogP contribution in [0.1, 0.15) is 19.5 Å². The maximum atomic E-state index is 8.64. The molecule has 0 spiro atoms. The maximum Gasteiger partial charge on any atom is 0.158 e. The van der Waals surface area contributed by atoms with Crippen molar-refractivity contribution in [3.63, 3.8) is 0 Å². The highest BCUT2D eigenvalue weighted by Gasteiger charge is 2.23. The Morgan fingerprint density at radius 3 is 2.50 bits per heavy atom. The third-order valence-corrected chi connectivity index (χ3v) is 2.50. The van der Waals surface area contributed by atoms with E-state index in [9.17, 15) is 0 Å². The van der Waals surface area contributed by atoms with Gasteiger partial charge in [-0.1, -0.05) is 0 Å². The Morgan fingerprint density at radius 2 is 2.00 bits per heavy atom. The number of nitrogens with zero attached hydrogens (tertiary/aromatic N) is 4. The molecule has 0 aliphatic carbocycles. The fourth-order valence-corrected chi connectivity index (χ4v) is 1.91.